The van der Waals surface area contributed by atoms with Crippen LogP contribution in [0.15, 0.2) is 34.7 Å². The molecule has 3 rings (SSSR count). The molecule has 0 aliphatic heterocycles. The van der Waals surface area contributed by atoms with E-state index in [4.69, 9.17) is 9.15 Å². The van der Waals surface area contributed by atoms with Crippen molar-refractivity contribution >= 4 is 38.5 Å². The molecular weight excluding hydrogens is 345 g/mol. The van der Waals surface area contributed by atoms with Crippen molar-refractivity contribution in [1.82, 2.24) is 4.98 Å². The van der Waals surface area contributed by atoms with E-state index in [-0.39, 0.29) is 40.4 Å². The minimum Gasteiger partial charge on any atom is -0.494 e. The Balaban J connectivity index is 0.00000208. The molecule has 0 saturated heterocycles. The van der Waals surface area contributed by atoms with Gasteiger partial charge < -0.3 is 19.5 Å². The predicted molar refractivity (Wildman–Crippen MR) is 83.5 cm³/mol. The van der Waals surface area contributed by atoms with Crippen LogP contribution in [0.1, 0.15) is 17.5 Å². The summed E-state index contributed by atoms with van der Waals surface area (Å²) in [7, 11) is 0. The van der Waals surface area contributed by atoms with Gasteiger partial charge in [0.2, 0.25) is 5.91 Å². The first-order valence-corrected chi connectivity index (χ1v) is 7.42. The van der Waals surface area contributed by atoms with Gasteiger partial charge in [-0.25, -0.2) is 0 Å². The fourth-order valence-electron chi connectivity index (χ4n) is 1.88. The first kappa shape index (κ1) is 18.4. The molecule has 0 saturated carbocycles. The number of fused-ring (bicyclic) bond motifs is 1. The summed E-state index contributed by atoms with van der Waals surface area (Å²) in [5.74, 6) is -0.717. The zero-order chi connectivity index (χ0) is 16.4. The molecule has 118 valence electrons. The fourth-order valence-corrected chi connectivity index (χ4v) is 2.74. The number of aromatic nitrogens is 1. The Labute approximate surface area is 162 Å². The van der Waals surface area contributed by atoms with Crippen molar-refractivity contribution < 1.29 is 48.4 Å². The Bertz CT molecular complexity index is 892. The molecule has 2 aromatic heterocycles. The number of hydrogen-bond donors (Lipinski definition) is 0. The van der Waals surface area contributed by atoms with E-state index in [2.05, 4.69) is 10.3 Å². The second kappa shape index (κ2) is 7.75. The van der Waals surface area contributed by atoms with Crippen molar-refractivity contribution in [2.45, 2.75) is 6.92 Å². The number of carbonyl (C=O) groups is 1. The van der Waals surface area contributed by atoms with E-state index in [1.54, 1.807) is 12.1 Å². The maximum atomic E-state index is 12.0. The van der Waals surface area contributed by atoms with E-state index in [1.165, 1.54) is 17.4 Å². The van der Waals surface area contributed by atoms with Crippen molar-refractivity contribution in [3.63, 3.8) is 0 Å². The van der Waals surface area contributed by atoms with Gasteiger partial charge in [-0.15, -0.1) is 11.3 Å². The summed E-state index contributed by atoms with van der Waals surface area (Å²) in [6, 6.07) is 7.70. The Morgan fingerprint density at radius 3 is 2.88 bits per heavy atom. The van der Waals surface area contributed by atoms with Crippen LogP contribution in [-0.4, -0.2) is 22.4 Å². The van der Waals surface area contributed by atoms with Crippen LogP contribution in [0.5, 0.6) is 5.75 Å². The molecule has 0 fully saturated rings. The number of ether oxygens (including phenoxy) is 1. The van der Waals surface area contributed by atoms with Crippen molar-refractivity contribution in [1.29, 1.82) is 0 Å². The van der Waals surface area contributed by atoms with Gasteiger partial charge in [-0.1, -0.05) is 6.07 Å². The summed E-state index contributed by atoms with van der Waals surface area (Å²) in [4.78, 5) is 26.0. The number of furan rings is 1. The first-order chi connectivity index (χ1) is 11.1. The van der Waals surface area contributed by atoms with Gasteiger partial charge in [-0.3, -0.25) is 14.9 Å². The largest absolute Gasteiger partial charge is 1.00 e. The normalized spacial score (nSPS) is 10.2. The molecule has 2 heterocycles. The monoisotopic (exact) mass is 355 g/mol. The number of amides is 1. The fraction of sp³-hybridized carbons (Fsp3) is 0.143. The van der Waals surface area contributed by atoms with Gasteiger partial charge in [-0.05, 0) is 30.6 Å². The first-order valence-electron chi connectivity index (χ1n) is 6.60. The van der Waals surface area contributed by atoms with Crippen LogP contribution >= 0.6 is 11.3 Å². The second-order valence-electron chi connectivity index (χ2n) is 4.37. The number of carbonyl (C=O) groups excluding carboxylic acids is 1. The van der Waals surface area contributed by atoms with Crippen LogP contribution < -0.4 is 34.3 Å². The van der Waals surface area contributed by atoms with Crippen LogP contribution in [0, 0.1) is 10.1 Å². The van der Waals surface area contributed by atoms with Gasteiger partial charge in [-0.2, -0.15) is 0 Å². The van der Waals surface area contributed by atoms with E-state index >= 15 is 0 Å². The molecule has 0 unspecified atom stereocenters. The molecule has 0 atom stereocenters. The molecule has 0 spiro atoms. The maximum absolute atomic E-state index is 12.0. The summed E-state index contributed by atoms with van der Waals surface area (Å²) in [5.41, 5.74) is 0.690. The molecule has 0 N–H and O–H groups in total. The third-order valence-electron chi connectivity index (χ3n) is 2.84. The van der Waals surface area contributed by atoms with Crippen molar-refractivity contribution in [2.75, 3.05) is 6.61 Å². The van der Waals surface area contributed by atoms with Gasteiger partial charge >= 0.3 is 35.4 Å². The summed E-state index contributed by atoms with van der Waals surface area (Å²) in [6.07, 6.45) is 0. The van der Waals surface area contributed by atoms with E-state index in [0.717, 1.165) is 10.8 Å². The summed E-state index contributed by atoms with van der Waals surface area (Å²) in [5, 5.41) is 14.6. The van der Waals surface area contributed by atoms with Crippen LogP contribution in [0.3, 0.4) is 0 Å². The minimum absolute atomic E-state index is 0. The molecule has 0 aliphatic carbocycles. The number of nitrogens with zero attached hydrogens (tertiary/aromatic N) is 3. The maximum Gasteiger partial charge on any atom is 1.00 e. The number of benzene rings is 1. The van der Waals surface area contributed by atoms with Crippen LogP contribution in [0.2, 0.25) is 0 Å². The Hall–Kier alpha value is -1.94. The number of rotatable bonds is 5. The quantitative estimate of drug-likeness (QED) is 0.384. The van der Waals surface area contributed by atoms with Crippen molar-refractivity contribution in [2.24, 2.45) is 0 Å². The van der Waals surface area contributed by atoms with E-state index in [1.807, 2.05) is 13.0 Å². The van der Waals surface area contributed by atoms with Crippen LogP contribution in [0.25, 0.3) is 15.5 Å². The minimum atomic E-state index is -0.720. The molecule has 1 aromatic carbocycles. The van der Waals surface area contributed by atoms with Gasteiger partial charge in [0.25, 0.3) is 0 Å². The molecule has 0 bridgehead atoms. The Morgan fingerprint density at radius 1 is 1.42 bits per heavy atom. The third kappa shape index (κ3) is 3.93. The van der Waals surface area contributed by atoms with Crippen LogP contribution in [0.4, 0.5) is 11.0 Å². The zero-order valence-electron chi connectivity index (χ0n) is 12.9. The summed E-state index contributed by atoms with van der Waals surface area (Å²) >= 11 is 1.22. The Kier molecular flexibility index (Phi) is 5.94. The van der Waals surface area contributed by atoms with Crippen molar-refractivity contribution in [3.8, 4) is 5.75 Å². The molecular formula is C14H10N3NaO5S. The third-order valence-corrected chi connectivity index (χ3v) is 3.75. The average molecular weight is 355 g/mol. The topological polar surface area (TPSA) is 110 Å². The van der Waals surface area contributed by atoms with E-state index in [9.17, 15) is 14.9 Å². The standard InChI is InChI=1S/C14H11N3O5S.Na/c1-2-21-8-3-4-9-11(7-8)23-14(15-9)16-13(18)10-5-6-12(22-10)17(19)20;/h3-7H,2H2,1H3,(H,15,16,18);/q;+1/p-1. The van der Waals surface area contributed by atoms with Gasteiger partial charge in [0.05, 0.1) is 12.7 Å². The van der Waals surface area contributed by atoms with Crippen LogP contribution in [-0.2, 0) is 0 Å². The summed E-state index contributed by atoms with van der Waals surface area (Å²) < 4.78 is 11.0. The van der Waals surface area contributed by atoms with Gasteiger partial charge in [0.15, 0.2) is 5.76 Å². The molecule has 0 aliphatic rings. The summed E-state index contributed by atoms with van der Waals surface area (Å²) in [6.45, 7) is 2.44. The molecule has 1 amide bonds. The van der Waals surface area contributed by atoms with Crippen molar-refractivity contribution in [3.05, 3.63) is 51.5 Å². The Morgan fingerprint density at radius 2 is 2.21 bits per heavy atom. The predicted octanol–water partition coefficient (Wildman–Crippen LogP) is 1.05. The number of thiazole rings is 1. The SMILES string of the molecule is CCOc1ccc2nc([N-]C(=O)c3ccc([N+](=O)[O-])o3)sc2c1.[Na+]. The number of nitro groups is 1. The molecule has 0 radical (unpaired) electrons. The van der Waals surface area contributed by atoms with E-state index < -0.39 is 16.7 Å². The van der Waals surface area contributed by atoms with Gasteiger partial charge in [0.1, 0.15) is 10.7 Å². The van der Waals surface area contributed by atoms with Gasteiger partial charge in [0, 0.05) is 9.83 Å². The second-order valence-corrected chi connectivity index (χ2v) is 5.38. The molecule has 10 heteroatoms. The molecule has 8 nitrogen and oxygen atoms in total. The number of hydrogen-bond acceptors (Lipinski definition) is 7. The molecule has 3 aromatic rings. The smallest absolute Gasteiger partial charge is 0.494 e. The van der Waals surface area contributed by atoms with E-state index in [0.29, 0.717) is 17.9 Å². The molecule has 24 heavy (non-hydrogen) atoms. The average Bonchev–Trinajstić information content (AvgIpc) is 3.13. The zero-order valence-corrected chi connectivity index (χ0v) is 15.7.